The first-order valence-electron chi connectivity index (χ1n) is 12.4. The van der Waals surface area contributed by atoms with E-state index in [9.17, 15) is 22.8 Å². The van der Waals surface area contributed by atoms with Crippen molar-refractivity contribution in [3.63, 3.8) is 0 Å². The molecule has 3 amide bonds. The van der Waals surface area contributed by atoms with E-state index in [1.807, 2.05) is 6.92 Å². The number of piperidine rings is 1. The van der Waals surface area contributed by atoms with Gasteiger partial charge in [-0.3, -0.25) is 9.59 Å². The summed E-state index contributed by atoms with van der Waals surface area (Å²) in [7, 11) is -2.11. The second-order valence-electron chi connectivity index (χ2n) is 9.25. The molecule has 0 bridgehead atoms. The van der Waals surface area contributed by atoms with Crippen LogP contribution in [-0.4, -0.2) is 68.8 Å². The van der Waals surface area contributed by atoms with E-state index in [1.54, 1.807) is 11.8 Å². The van der Waals surface area contributed by atoms with Crippen LogP contribution in [0.3, 0.4) is 0 Å². The number of anilines is 1. The number of hydrogen-bond acceptors (Lipinski definition) is 7. The molecule has 200 valence electrons. The highest BCUT2D eigenvalue weighted by molar-refractivity contribution is 7.89. The van der Waals surface area contributed by atoms with E-state index >= 15 is 0 Å². The lowest BCUT2D eigenvalue weighted by atomic mass is 10.0. The molecule has 4 rings (SSSR count). The third-order valence-electron chi connectivity index (χ3n) is 6.64. The van der Waals surface area contributed by atoms with Crippen LogP contribution in [0.2, 0.25) is 0 Å². The molecule has 2 aromatic rings. The second kappa shape index (κ2) is 11.2. The fourth-order valence-electron chi connectivity index (χ4n) is 4.69. The van der Waals surface area contributed by atoms with Crippen LogP contribution in [0.5, 0.6) is 0 Å². The Kier molecular flexibility index (Phi) is 8.20. The van der Waals surface area contributed by atoms with Crippen molar-refractivity contribution in [3.8, 4) is 0 Å². The number of amides is 3. The molecule has 1 aromatic heterocycles. The number of hydrogen-bond donors (Lipinski definition) is 2. The molecule has 2 N–H and O–H groups in total. The predicted molar refractivity (Wildman–Crippen MR) is 140 cm³/mol. The average Bonchev–Trinajstić information content (AvgIpc) is 3.25. The van der Waals surface area contributed by atoms with E-state index in [2.05, 4.69) is 10.6 Å². The molecule has 1 aromatic carbocycles. The molecule has 10 nitrogen and oxygen atoms in total. The lowest BCUT2D eigenvalue weighted by Crippen LogP contribution is -2.39. The van der Waals surface area contributed by atoms with Gasteiger partial charge in [0.05, 0.1) is 23.6 Å². The summed E-state index contributed by atoms with van der Waals surface area (Å²) in [5, 5.41) is 5.83. The molecule has 0 aliphatic carbocycles. The first-order chi connectivity index (χ1) is 17.6. The van der Waals surface area contributed by atoms with Crippen molar-refractivity contribution in [3.05, 3.63) is 45.8 Å². The van der Waals surface area contributed by atoms with Crippen molar-refractivity contribution in [2.45, 2.75) is 44.6 Å². The summed E-state index contributed by atoms with van der Waals surface area (Å²) in [5.74, 6) is -0.472. The van der Waals surface area contributed by atoms with Gasteiger partial charge in [0.25, 0.3) is 11.8 Å². The number of ether oxygens (including phenoxy) is 1. The Balaban J connectivity index is 1.54. The van der Waals surface area contributed by atoms with Crippen molar-refractivity contribution < 1.29 is 27.5 Å². The van der Waals surface area contributed by atoms with Gasteiger partial charge in [-0.25, -0.2) is 13.2 Å². The Morgan fingerprint density at radius 3 is 2.51 bits per heavy atom. The Hall–Kier alpha value is -2.96. The highest BCUT2D eigenvalue weighted by Gasteiger charge is 2.31. The van der Waals surface area contributed by atoms with E-state index in [4.69, 9.17) is 4.74 Å². The zero-order valence-corrected chi connectivity index (χ0v) is 22.8. The van der Waals surface area contributed by atoms with Gasteiger partial charge in [-0.05, 0) is 61.9 Å². The van der Waals surface area contributed by atoms with Gasteiger partial charge in [0.1, 0.15) is 5.00 Å². The smallest absolute Gasteiger partial charge is 0.410 e. The third-order valence-corrected chi connectivity index (χ3v) is 9.65. The predicted octanol–water partition coefficient (Wildman–Crippen LogP) is 3.30. The van der Waals surface area contributed by atoms with Crippen LogP contribution in [-0.2, 0) is 27.7 Å². The van der Waals surface area contributed by atoms with Crippen LogP contribution < -0.4 is 10.6 Å². The van der Waals surface area contributed by atoms with Gasteiger partial charge in [0.15, 0.2) is 0 Å². The van der Waals surface area contributed by atoms with Crippen LogP contribution in [0.15, 0.2) is 29.2 Å². The molecule has 37 heavy (non-hydrogen) atoms. The molecule has 1 saturated heterocycles. The minimum atomic E-state index is -3.63. The molecule has 3 heterocycles. The van der Waals surface area contributed by atoms with Crippen molar-refractivity contribution in [2.75, 3.05) is 38.6 Å². The zero-order valence-electron chi connectivity index (χ0n) is 21.2. The number of nitrogens with one attached hydrogen (secondary N) is 2. The maximum Gasteiger partial charge on any atom is 0.410 e. The molecule has 1 fully saturated rings. The fraction of sp³-hybridized carbons (Fsp3) is 0.480. The summed E-state index contributed by atoms with van der Waals surface area (Å²) in [4.78, 5) is 40.5. The lowest BCUT2D eigenvalue weighted by molar-refractivity contribution is 0.0961. The van der Waals surface area contributed by atoms with E-state index in [0.29, 0.717) is 49.1 Å². The van der Waals surface area contributed by atoms with Gasteiger partial charge in [-0.15, -0.1) is 11.3 Å². The molecule has 1 atom stereocenters. The Morgan fingerprint density at radius 1 is 1.14 bits per heavy atom. The summed E-state index contributed by atoms with van der Waals surface area (Å²) < 4.78 is 32.7. The zero-order chi connectivity index (χ0) is 26.7. The topological polar surface area (TPSA) is 125 Å². The van der Waals surface area contributed by atoms with Crippen LogP contribution in [0, 0.1) is 5.92 Å². The summed E-state index contributed by atoms with van der Waals surface area (Å²) in [6, 6.07) is 5.84. The van der Waals surface area contributed by atoms with Gasteiger partial charge in [-0.2, -0.15) is 4.31 Å². The van der Waals surface area contributed by atoms with Crippen LogP contribution >= 0.6 is 11.3 Å². The summed E-state index contributed by atoms with van der Waals surface area (Å²) in [6.07, 6.45) is 1.89. The van der Waals surface area contributed by atoms with Gasteiger partial charge < -0.3 is 20.3 Å². The minimum absolute atomic E-state index is 0.148. The van der Waals surface area contributed by atoms with Crippen molar-refractivity contribution in [2.24, 2.45) is 5.92 Å². The first-order valence-corrected chi connectivity index (χ1v) is 14.6. The molecule has 1 unspecified atom stereocenters. The number of thiophene rings is 1. The maximum absolute atomic E-state index is 13.1. The molecule has 12 heteroatoms. The molecule has 0 radical (unpaired) electrons. The van der Waals surface area contributed by atoms with Gasteiger partial charge in [-0.1, -0.05) is 6.92 Å². The van der Waals surface area contributed by atoms with Gasteiger partial charge >= 0.3 is 6.09 Å². The summed E-state index contributed by atoms with van der Waals surface area (Å²) in [6.45, 7) is 5.74. The molecular weight excluding hydrogens is 516 g/mol. The lowest BCUT2D eigenvalue weighted by Gasteiger charge is -2.30. The van der Waals surface area contributed by atoms with E-state index in [-0.39, 0.29) is 23.0 Å². The monoisotopic (exact) mass is 548 g/mol. The molecular formula is C25H32N4O6S2. The van der Waals surface area contributed by atoms with Crippen molar-refractivity contribution in [1.82, 2.24) is 14.5 Å². The highest BCUT2D eigenvalue weighted by Crippen LogP contribution is 2.37. The largest absolute Gasteiger partial charge is 0.450 e. The van der Waals surface area contributed by atoms with E-state index in [1.165, 1.54) is 47.0 Å². The Morgan fingerprint density at radius 2 is 1.86 bits per heavy atom. The minimum Gasteiger partial charge on any atom is -0.450 e. The molecule has 2 aliphatic heterocycles. The summed E-state index contributed by atoms with van der Waals surface area (Å²) in [5.41, 5.74) is 1.46. The van der Waals surface area contributed by atoms with Gasteiger partial charge in [0.2, 0.25) is 10.0 Å². The van der Waals surface area contributed by atoms with Crippen molar-refractivity contribution in [1.29, 1.82) is 0 Å². The van der Waals surface area contributed by atoms with Crippen LogP contribution in [0.1, 0.15) is 57.8 Å². The maximum atomic E-state index is 13.1. The molecule has 0 spiro atoms. The van der Waals surface area contributed by atoms with Crippen LogP contribution in [0.4, 0.5) is 9.80 Å². The number of carbonyl (C=O) groups excluding carboxylic acids is 3. The Bertz CT molecular complexity index is 1290. The fourth-order valence-corrected chi connectivity index (χ4v) is 7.55. The van der Waals surface area contributed by atoms with Gasteiger partial charge in [0, 0.05) is 37.1 Å². The van der Waals surface area contributed by atoms with Crippen molar-refractivity contribution >= 4 is 44.3 Å². The average molecular weight is 549 g/mol. The van der Waals surface area contributed by atoms with E-state index in [0.717, 1.165) is 23.3 Å². The third kappa shape index (κ3) is 5.65. The molecule has 2 aliphatic rings. The first kappa shape index (κ1) is 27.1. The van der Waals surface area contributed by atoms with E-state index < -0.39 is 22.0 Å². The number of nitrogens with zero attached hydrogens (tertiary/aromatic N) is 2. The Labute approximate surface area is 221 Å². The number of fused-ring (bicyclic) bond motifs is 1. The second-order valence-corrected chi connectivity index (χ2v) is 12.3. The normalized spacial score (nSPS) is 18.1. The number of benzene rings is 1. The van der Waals surface area contributed by atoms with Crippen LogP contribution in [0.25, 0.3) is 0 Å². The number of sulfonamides is 1. The quantitative estimate of drug-likeness (QED) is 0.571. The summed E-state index contributed by atoms with van der Waals surface area (Å²) >= 11 is 1.25. The number of rotatable bonds is 6. The molecule has 0 saturated carbocycles. The standard InChI is InChI=1S/C25H32N4O6S2/c1-4-35-25(32)28-13-11-19-20(15-28)36-24(21(19)23(31)26-3)27-22(30)17-7-9-18(10-8-17)37(33,34)29-12-5-6-16(2)14-29/h7-10,16H,4-6,11-15H2,1-3H3,(H,26,31)(H,27,30). The highest BCUT2D eigenvalue weighted by atomic mass is 32.2. The SMILES string of the molecule is CCOC(=O)N1CCc2c(sc(NC(=O)c3ccc(S(=O)(=O)N4CCCC(C)C4)cc3)c2C(=O)NC)C1. The number of carbonyl (C=O) groups is 3.